The van der Waals surface area contributed by atoms with Gasteiger partial charge in [0, 0.05) is 12.7 Å². The maximum atomic E-state index is 6.01. The zero-order valence-electron chi connectivity index (χ0n) is 14.5. The van der Waals surface area contributed by atoms with Crippen molar-refractivity contribution in [2.45, 2.75) is 33.7 Å². The fourth-order valence-electron chi connectivity index (χ4n) is 2.70. The number of hydrogen-bond donors (Lipinski definition) is 2. The molecule has 2 aromatic rings. The highest BCUT2D eigenvalue weighted by atomic mass is 16.5. The average Bonchev–Trinajstić information content (AvgIpc) is 2.79. The van der Waals surface area contributed by atoms with Crippen molar-refractivity contribution in [3.05, 3.63) is 40.6 Å². The molecule has 0 unspecified atom stereocenters. The Labute approximate surface area is 137 Å². The van der Waals surface area contributed by atoms with Gasteiger partial charge in [0.2, 0.25) is 5.88 Å². The minimum Gasteiger partial charge on any atom is -0.481 e. The zero-order chi connectivity index (χ0) is 17.0. The Morgan fingerprint density at radius 2 is 1.96 bits per heavy atom. The van der Waals surface area contributed by atoms with Gasteiger partial charge in [-0.2, -0.15) is 5.10 Å². The molecule has 0 saturated heterocycles. The van der Waals surface area contributed by atoms with Gasteiger partial charge in [-0.05, 0) is 43.5 Å². The van der Waals surface area contributed by atoms with E-state index in [1.54, 1.807) is 11.8 Å². The zero-order valence-corrected chi connectivity index (χ0v) is 14.5. The van der Waals surface area contributed by atoms with E-state index < -0.39 is 0 Å². The van der Waals surface area contributed by atoms with Crippen LogP contribution in [0.4, 0.5) is 5.69 Å². The Kier molecular flexibility index (Phi) is 5.26. The number of hydrogen-bond acceptors (Lipinski definition) is 3. The summed E-state index contributed by atoms with van der Waals surface area (Å²) in [5.74, 6) is 1.10. The third kappa shape index (κ3) is 4.03. The van der Waals surface area contributed by atoms with E-state index in [0.717, 1.165) is 29.2 Å². The van der Waals surface area contributed by atoms with Crippen LogP contribution in [-0.4, -0.2) is 22.8 Å². The van der Waals surface area contributed by atoms with Crippen LogP contribution >= 0.6 is 0 Å². The van der Waals surface area contributed by atoms with Crippen molar-refractivity contribution in [3.63, 3.8) is 0 Å². The molecule has 0 spiro atoms. The van der Waals surface area contributed by atoms with E-state index in [1.165, 1.54) is 11.1 Å². The van der Waals surface area contributed by atoms with E-state index in [0.29, 0.717) is 12.5 Å². The number of guanidine groups is 1. The van der Waals surface area contributed by atoms with Gasteiger partial charge in [0.05, 0.1) is 24.9 Å². The maximum Gasteiger partial charge on any atom is 0.216 e. The molecular formula is C17H25N5O. The molecule has 0 saturated carbocycles. The van der Waals surface area contributed by atoms with Crippen LogP contribution in [0.3, 0.4) is 0 Å². The van der Waals surface area contributed by atoms with Crippen molar-refractivity contribution < 1.29 is 4.74 Å². The lowest BCUT2D eigenvalue weighted by molar-refractivity contribution is 0.369. The standard InChI is InChI=1S/C17H25N5O/c1-6-15-14(16(23-5)22(4)21-15)10-19-17(18)20-13-8-11(2)7-12(3)9-13/h7-9H,6,10H2,1-5H3,(H3,18,19,20). The SMILES string of the molecule is CCc1nn(C)c(OC)c1CN=C(N)Nc1cc(C)cc(C)c1. The molecule has 3 N–H and O–H groups in total. The third-order valence-electron chi connectivity index (χ3n) is 3.60. The van der Waals surface area contributed by atoms with Crippen molar-refractivity contribution in [2.75, 3.05) is 12.4 Å². The fraction of sp³-hybridized carbons (Fsp3) is 0.412. The van der Waals surface area contributed by atoms with Crippen LogP contribution in [0.25, 0.3) is 0 Å². The van der Waals surface area contributed by atoms with Crippen LogP contribution in [0.2, 0.25) is 0 Å². The van der Waals surface area contributed by atoms with Gasteiger partial charge >= 0.3 is 0 Å². The molecule has 0 aliphatic rings. The van der Waals surface area contributed by atoms with E-state index in [9.17, 15) is 0 Å². The molecular weight excluding hydrogens is 290 g/mol. The van der Waals surface area contributed by atoms with Crippen molar-refractivity contribution in [1.82, 2.24) is 9.78 Å². The number of rotatable bonds is 5. The van der Waals surface area contributed by atoms with Gasteiger partial charge in [0.15, 0.2) is 5.96 Å². The number of anilines is 1. The highest BCUT2D eigenvalue weighted by Gasteiger charge is 2.15. The summed E-state index contributed by atoms with van der Waals surface area (Å²) in [5, 5.41) is 7.58. The van der Waals surface area contributed by atoms with Crippen molar-refractivity contribution in [3.8, 4) is 5.88 Å². The van der Waals surface area contributed by atoms with E-state index in [-0.39, 0.29) is 0 Å². The summed E-state index contributed by atoms with van der Waals surface area (Å²) < 4.78 is 7.14. The molecule has 6 nitrogen and oxygen atoms in total. The minimum atomic E-state index is 0.378. The number of aliphatic imine (C=N–C) groups is 1. The first-order valence-electron chi connectivity index (χ1n) is 7.68. The lowest BCUT2D eigenvalue weighted by Gasteiger charge is -2.08. The topological polar surface area (TPSA) is 77.5 Å². The van der Waals surface area contributed by atoms with Gasteiger partial charge in [-0.25, -0.2) is 9.67 Å². The first-order valence-corrected chi connectivity index (χ1v) is 7.68. The second-order valence-corrected chi connectivity index (χ2v) is 5.61. The number of nitrogens with zero attached hydrogens (tertiary/aromatic N) is 3. The number of aryl methyl sites for hydroxylation is 4. The summed E-state index contributed by atoms with van der Waals surface area (Å²) in [4.78, 5) is 4.43. The molecule has 2 rings (SSSR count). The molecule has 0 aliphatic carbocycles. The third-order valence-corrected chi connectivity index (χ3v) is 3.60. The summed E-state index contributed by atoms with van der Waals surface area (Å²) >= 11 is 0. The molecule has 1 aromatic heterocycles. The molecule has 0 radical (unpaired) electrons. The normalized spacial score (nSPS) is 11.6. The van der Waals surface area contributed by atoms with E-state index in [4.69, 9.17) is 10.5 Å². The van der Waals surface area contributed by atoms with E-state index in [2.05, 4.69) is 42.2 Å². The number of aromatic nitrogens is 2. The lowest BCUT2D eigenvalue weighted by Crippen LogP contribution is -2.22. The minimum absolute atomic E-state index is 0.378. The Balaban J connectivity index is 2.16. The van der Waals surface area contributed by atoms with Gasteiger partial charge in [-0.1, -0.05) is 13.0 Å². The Bertz CT molecular complexity index is 698. The van der Waals surface area contributed by atoms with Crippen LogP contribution in [0, 0.1) is 13.8 Å². The van der Waals surface area contributed by atoms with Crippen LogP contribution in [0.5, 0.6) is 5.88 Å². The predicted octanol–water partition coefficient (Wildman–Crippen LogP) is 2.53. The Morgan fingerprint density at radius 1 is 1.30 bits per heavy atom. The summed E-state index contributed by atoms with van der Waals surface area (Å²) in [6.07, 6.45) is 0.826. The molecule has 1 aromatic carbocycles. The maximum absolute atomic E-state index is 6.01. The first kappa shape index (κ1) is 16.9. The van der Waals surface area contributed by atoms with E-state index >= 15 is 0 Å². The molecule has 0 aliphatic heterocycles. The highest BCUT2D eigenvalue weighted by molar-refractivity contribution is 5.92. The monoisotopic (exact) mass is 315 g/mol. The average molecular weight is 315 g/mol. The van der Waals surface area contributed by atoms with Crippen LogP contribution in [0.15, 0.2) is 23.2 Å². The van der Waals surface area contributed by atoms with Crippen LogP contribution in [0.1, 0.15) is 29.3 Å². The molecule has 0 atom stereocenters. The van der Waals surface area contributed by atoms with Crippen LogP contribution < -0.4 is 15.8 Å². The molecule has 0 bridgehead atoms. The quantitative estimate of drug-likeness (QED) is 0.656. The highest BCUT2D eigenvalue weighted by Crippen LogP contribution is 2.23. The largest absolute Gasteiger partial charge is 0.481 e. The van der Waals surface area contributed by atoms with Crippen molar-refractivity contribution >= 4 is 11.6 Å². The number of nitrogens with one attached hydrogen (secondary N) is 1. The van der Waals surface area contributed by atoms with E-state index in [1.807, 2.05) is 19.2 Å². The summed E-state index contributed by atoms with van der Waals surface area (Å²) in [6, 6.07) is 6.20. The number of ether oxygens (including phenoxy) is 1. The van der Waals surface area contributed by atoms with Gasteiger partial charge < -0.3 is 15.8 Å². The molecule has 0 fully saturated rings. The van der Waals surface area contributed by atoms with Gasteiger partial charge in [-0.15, -0.1) is 0 Å². The number of benzene rings is 1. The first-order chi connectivity index (χ1) is 10.9. The summed E-state index contributed by atoms with van der Waals surface area (Å²) in [6.45, 7) is 6.61. The second kappa shape index (κ2) is 7.17. The molecule has 6 heteroatoms. The summed E-state index contributed by atoms with van der Waals surface area (Å²) in [5.41, 5.74) is 11.3. The summed E-state index contributed by atoms with van der Waals surface area (Å²) in [7, 11) is 3.50. The van der Waals surface area contributed by atoms with Gasteiger partial charge in [0.1, 0.15) is 0 Å². The van der Waals surface area contributed by atoms with Gasteiger partial charge in [0.25, 0.3) is 0 Å². The number of nitrogens with two attached hydrogens (primary N) is 1. The predicted molar refractivity (Wildman–Crippen MR) is 94.0 cm³/mol. The molecule has 124 valence electrons. The Morgan fingerprint density at radius 3 is 2.52 bits per heavy atom. The van der Waals surface area contributed by atoms with Crippen molar-refractivity contribution in [1.29, 1.82) is 0 Å². The van der Waals surface area contributed by atoms with Crippen molar-refractivity contribution in [2.24, 2.45) is 17.8 Å². The molecule has 0 amide bonds. The molecule has 23 heavy (non-hydrogen) atoms. The van der Waals surface area contributed by atoms with Gasteiger partial charge in [-0.3, -0.25) is 0 Å². The van der Waals surface area contributed by atoms with Crippen LogP contribution in [-0.2, 0) is 20.0 Å². The second-order valence-electron chi connectivity index (χ2n) is 5.61. The number of methoxy groups -OCH3 is 1. The molecule has 1 heterocycles. The smallest absolute Gasteiger partial charge is 0.216 e. The fourth-order valence-corrected chi connectivity index (χ4v) is 2.70. The Hall–Kier alpha value is -2.50. The lowest BCUT2D eigenvalue weighted by atomic mass is 10.1.